The molecule has 3 aliphatic carbocycles. The van der Waals surface area contributed by atoms with Crippen LogP contribution in [0.3, 0.4) is 0 Å². The maximum Gasteiger partial charge on any atom is 0.100 e. The number of rotatable bonds is 9. The van der Waals surface area contributed by atoms with Gasteiger partial charge in [-0.25, -0.2) is 4.39 Å². The van der Waals surface area contributed by atoms with Crippen molar-refractivity contribution in [2.45, 2.75) is 109 Å². The largest absolute Gasteiger partial charge is 0.384 e. The highest BCUT2D eigenvalue weighted by molar-refractivity contribution is 4.93. The van der Waals surface area contributed by atoms with E-state index in [2.05, 4.69) is 12.2 Å². The molecule has 0 aliphatic heterocycles. The molecule has 0 aromatic heterocycles. The van der Waals surface area contributed by atoms with Gasteiger partial charge in [0.1, 0.15) is 6.17 Å². The average Bonchev–Trinajstić information content (AvgIpc) is 2.78. The van der Waals surface area contributed by atoms with Crippen molar-refractivity contribution in [2.75, 3.05) is 13.7 Å². The lowest BCUT2D eigenvalue weighted by molar-refractivity contribution is 0.0820. The standard InChI is InChI=1S/C27H47FO/c1-3-27(28)7-5-4-6-21-8-12-23(13-9-21)25-16-18-26(19-17-25)24-14-10-22(11-15-24)20-29-2/h4,6,21-27H,3,5,7-20H2,1-2H3/b6-4+/t21-,22?,23-,24?,25?,26?,27?. The number of allylic oxidation sites excluding steroid dienone is 2. The van der Waals surface area contributed by atoms with E-state index in [-0.39, 0.29) is 0 Å². The molecule has 0 aromatic carbocycles. The fraction of sp³-hybridized carbons (Fsp3) is 0.926. The molecule has 3 fully saturated rings. The minimum Gasteiger partial charge on any atom is -0.384 e. The van der Waals surface area contributed by atoms with Gasteiger partial charge in [0.25, 0.3) is 0 Å². The van der Waals surface area contributed by atoms with Crippen molar-refractivity contribution >= 4 is 0 Å². The number of hydrogen-bond acceptors (Lipinski definition) is 1. The molecular formula is C27H47FO. The SMILES string of the molecule is CCC(F)CC/C=C/[C@H]1CC[C@H](C2CCC(C3CCC(COC)CC3)CC2)CC1. The Balaban J connectivity index is 1.30. The molecule has 29 heavy (non-hydrogen) atoms. The van der Waals surface area contributed by atoms with E-state index < -0.39 is 6.17 Å². The third-order valence-corrected chi connectivity index (χ3v) is 8.76. The first-order valence-electron chi connectivity index (χ1n) is 13.0. The van der Waals surface area contributed by atoms with E-state index >= 15 is 0 Å². The molecule has 0 bridgehead atoms. The summed E-state index contributed by atoms with van der Waals surface area (Å²) < 4.78 is 18.7. The van der Waals surface area contributed by atoms with Crippen LogP contribution in [0.1, 0.15) is 103 Å². The summed E-state index contributed by atoms with van der Waals surface area (Å²) >= 11 is 0. The average molecular weight is 407 g/mol. The summed E-state index contributed by atoms with van der Waals surface area (Å²) in [5.41, 5.74) is 0. The van der Waals surface area contributed by atoms with Crippen molar-refractivity contribution in [3.63, 3.8) is 0 Å². The molecule has 2 heteroatoms. The molecule has 0 heterocycles. The Labute approximate surface area is 180 Å². The van der Waals surface area contributed by atoms with Crippen molar-refractivity contribution < 1.29 is 9.13 Å². The predicted octanol–water partition coefficient (Wildman–Crippen LogP) is 8.14. The van der Waals surface area contributed by atoms with Gasteiger partial charge in [-0.3, -0.25) is 0 Å². The van der Waals surface area contributed by atoms with E-state index in [1.54, 1.807) is 0 Å². The lowest BCUT2D eigenvalue weighted by atomic mass is 9.65. The smallest absolute Gasteiger partial charge is 0.100 e. The van der Waals surface area contributed by atoms with Crippen LogP contribution in [-0.4, -0.2) is 19.9 Å². The number of halogens is 1. The van der Waals surface area contributed by atoms with Crippen LogP contribution >= 0.6 is 0 Å². The Kier molecular flexibility index (Phi) is 10.0. The van der Waals surface area contributed by atoms with Crippen LogP contribution in [0.25, 0.3) is 0 Å². The predicted molar refractivity (Wildman–Crippen MR) is 122 cm³/mol. The monoisotopic (exact) mass is 406 g/mol. The normalized spacial score (nSPS) is 37.6. The first-order valence-corrected chi connectivity index (χ1v) is 13.0. The molecule has 3 saturated carbocycles. The van der Waals surface area contributed by atoms with Crippen LogP contribution < -0.4 is 0 Å². The van der Waals surface area contributed by atoms with E-state index in [9.17, 15) is 4.39 Å². The third kappa shape index (κ3) is 7.37. The summed E-state index contributed by atoms with van der Waals surface area (Å²) in [6.45, 7) is 2.92. The molecule has 0 aromatic rings. The van der Waals surface area contributed by atoms with Crippen molar-refractivity contribution in [3.05, 3.63) is 12.2 Å². The van der Waals surface area contributed by atoms with Gasteiger partial charge in [-0.2, -0.15) is 0 Å². The second-order valence-electron chi connectivity index (χ2n) is 10.6. The Hall–Kier alpha value is -0.370. The van der Waals surface area contributed by atoms with Gasteiger partial charge in [-0.05, 0) is 132 Å². The van der Waals surface area contributed by atoms with Crippen molar-refractivity contribution in [1.29, 1.82) is 0 Å². The minimum atomic E-state index is -0.606. The molecule has 168 valence electrons. The Morgan fingerprint density at radius 1 is 0.793 bits per heavy atom. The van der Waals surface area contributed by atoms with Crippen LogP contribution in [0.4, 0.5) is 4.39 Å². The lowest BCUT2D eigenvalue weighted by Gasteiger charge is -2.41. The number of methoxy groups -OCH3 is 1. The van der Waals surface area contributed by atoms with E-state index in [1.807, 2.05) is 14.0 Å². The first-order chi connectivity index (χ1) is 14.2. The summed E-state index contributed by atoms with van der Waals surface area (Å²) in [7, 11) is 1.85. The van der Waals surface area contributed by atoms with Gasteiger partial charge < -0.3 is 4.74 Å². The molecule has 0 N–H and O–H groups in total. The highest BCUT2D eigenvalue weighted by Gasteiger charge is 2.34. The summed E-state index contributed by atoms with van der Waals surface area (Å²) in [6, 6.07) is 0. The summed E-state index contributed by atoms with van der Waals surface area (Å²) in [6.07, 6.45) is 23.7. The molecule has 0 amide bonds. The zero-order valence-corrected chi connectivity index (χ0v) is 19.3. The van der Waals surface area contributed by atoms with Crippen LogP contribution in [0.15, 0.2) is 12.2 Å². The fourth-order valence-corrected chi connectivity index (χ4v) is 6.73. The van der Waals surface area contributed by atoms with E-state index in [0.29, 0.717) is 12.8 Å². The molecular weight excluding hydrogens is 359 g/mol. The van der Waals surface area contributed by atoms with Gasteiger partial charge >= 0.3 is 0 Å². The van der Waals surface area contributed by atoms with E-state index in [1.165, 1.54) is 77.0 Å². The Morgan fingerprint density at radius 3 is 1.76 bits per heavy atom. The van der Waals surface area contributed by atoms with Crippen molar-refractivity contribution in [3.8, 4) is 0 Å². The zero-order chi connectivity index (χ0) is 20.5. The van der Waals surface area contributed by atoms with Crippen LogP contribution in [0.2, 0.25) is 0 Å². The Morgan fingerprint density at radius 2 is 1.28 bits per heavy atom. The van der Waals surface area contributed by atoms with Gasteiger partial charge in [0.15, 0.2) is 0 Å². The third-order valence-electron chi connectivity index (χ3n) is 8.76. The highest BCUT2D eigenvalue weighted by atomic mass is 19.1. The summed E-state index contributed by atoms with van der Waals surface area (Å²) in [5, 5.41) is 0. The fourth-order valence-electron chi connectivity index (χ4n) is 6.73. The second-order valence-corrected chi connectivity index (χ2v) is 10.6. The van der Waals surface area contributed by atoms with Gasteiger partial charge in [0.05, 0.1) is 0 Å². The zero-order valence-electron chi connectivity index (χ0n) is 19.3. The molecule has 3 aliphatic rings. The minimum absolute atomic E-state index is 0.606. The van der Waals surface area contributed by atoms with Crippen LogP contribution in [0.5, 0.6) is 0 Å². The number of alkyl halides is 1. The first kappa shape index (κ1) is 23.3. The van der Waals surface area contributed by atoms with Crippen molar-refractivity contribution in [2.24, 2.45) is 35.5 Å². The molecule has 0 spiro atoms. The number of hydrogen-bond donors (Lipinski definition) is 0. The molecule has 0 saturated heterocycles. The van der Waals surface area contributed by atoms with Gasteiger partial charge in [0.2, 0.25) is 0 Å². The summed E-state index contributed by atoms with van der Waals surface area (Å²) in [5.74, 6) is 5.65. The molecule has 0 radical (unpaired) electrons. The lowest BCUT2D eigenvalue weighted by Crippen LogP contribution is -2.30. The Bertz CT molecular complexity index is 451. The van der Waals surface area contributed by atoms with E-state index in [0.717, 1.165) is 48.5 Å². The number of ether oxygens (including phenoxy) is 1. The van der Waals surface area contributed by atoms with Crippen LogP contribution in [0, 0.1) is 35.5 Å². The molecule has 3 rings (SSSR count). The quantitative estimate of drug-likeness (QED) is 0.351. The van der Waals surface area contributed by atoms with E-state index in [4.69, 9.17) is 4.74 Å². The molecule has 1 atom stereocenters. The maximum atomic E-state index is 13.3. The van der Waals surface area contributed by atoms with Gasteiger partial charge in [-0.1, -0.05) is 19.1 Å². The highest BCUT2D eigenvalue weighted by Crippen LogP contribution is 2.46. The second kappa shape index (κ2) is 12.5. The molecule has 1 nitrogen and oxygen atoms in total. The van der Waals surface area contributed by atoms with Crippen LogP contribution in [-0.2, 0) is 4.74 Å². The summed E-state index contributed by atoms with van der Waals surface area (Å²) in [4.78, 5) is 0. The topological polar surface area (TPSA) is 9.23 Å². The van der Waals surface area contributed by atoms with Gasteiger partial charge in [-0.15, -0.1) is 0 Å². The van der Waals surface area contributed by atoms with Gasteiger partial charge in [0, 0.05) is 13.7 Å². The van der Waals surface area contributed by atoms with Crippen molar-refractivity contribution in [1.82, 2.24) is 0 Å². The maximum absolute atomic E-state index is 13.3. The molecule has 1 unspecified atom stereocenters.